The van der Waals surface area contributed by atoms with Crippen LogP contribution in [-0.2, 0) is 4.79 Å². The summed E-state index contributed by atoms with van der Waals surface area (Å²) < 4.78 is 5.27. The van der Waals surface area contributed by atoms with Gasteiger partial charge in [-0.2, -0.15) is 0 Å². The molecule has 0 saturated carbocycles. The van der Waals surface area contributed by atoms with Gasteiger partial charge < -0.3 is 4.74 Å². The molecule has 2 heteroatoms. The lowest BCUT2D eigenvalue weighted by molar-refractivity contribution is 0.299. The van der Waals surface area contributed by atoms with Gasteiger partial charge in [0.1, 0.15) is 5.75 Å². The van der Waals surface area contributed by atoms with Crippen molar-refractivity contribution < 1.29 is 9.53 Å². The highest BCUT2D eigenvalue weighted by Gasteiger charge is 2.23. The number of ether oxygens (including phenoxy) is 1. The number of rotatable bonds is 1. The first-order valence-electron chi connectivity index (χ1n) is 3.72. The molecule has 0 radical (unpaired) electrons. The Hall–Kier alpha value is -1.66. The first-order valence-corrected chi connectivity index (χ1v) is 3.72. The Balaban J connectivity index is 2.39. The van der Waals surface area contributed by atoms with Gasteiger partial charge in [-0.25, -0.2) is 0 Å². The molecule has 1 unspecified atom stereocenters. The summed E-state index contributed by atoms with van der Waals surface area (Å²) in [5.41, 5.74) is 1.00. The van der Waals surface area contributed by atoms with E-state index in [9.17, 15) is 4.79 Å². The summed E-state index contributed by atoms with van der Waals surface area (Å²) in [4.78, 5) is 10.3. The average Bonchev–Trinajstić information content (AvgIpc) is 2.17. The molecule has 1 aromatic rings. The highest BCUT2D eigenvalue weighted by Crippen LogP contribution is 2.24. The van der Waals surface area contributed by atoms with Crippen LogP contribution in [0.4, 0.5) is 0 Å². The summed E-state index contributed by atoms with van der Waals surface area (Å²) in [6, 6.07) is 7.58. The van der Waals surface area contributed by atoms with Crippen LogP contribution in [-0.4, -0.2) is 12.4 Å². The second-order valence-corrected chi connectivity index (χ2v) is 2.55. The second-order valence-electron chi connectivity index (χ2n) is 2.55. The highest BCUT2D eigenvalue weighted by molar-refractivity contribution is 5.69. The minimum Gasteiger partial charge on any atom is -0.435 e. The van der Waals surface area contributed by atoms with E-state index in [1.165, 1.54) is 0 Å². The zero-order valence-corrected chi connectivity index (χ0v) is 6.36. The molecule has 0 bridgehead atoms. The van der Waals surface area contributed by atoms with Crippen molar-refractivity contribution >= 4 is 12.4 Å². The normalized spacial score (nSPS) is 19.2. The Labute approximate surface area is 70.5 Å². The van der Waals surface area contributed by atoms with Gasteiger partial charge in [0.15, 0.2) is 0 Å². The van der Waals surface area contributed by atoms with Crippen LogP contribution >= 0.6 is 0 Å². The lowest BCUT2D eigenvalue weighted by Crippen LogP contribution is -2.17. The van der Waals surface area contributed by atoms with Crippen molar-refractivity contribution in [3.63, 3.8) is 0 Å². The summed E-state index contributed by atoms with van der Waals surface area (Å²) in [6.07, 6.45) is 4.80. The van der Waals surface area contributed by atoms with Crippen LogP contribution in [0, 0.1) is 0 Å². The quantitative estimate of drug-likeness (QED) is 0.581. The van der Waals surface area contributed by atoms with E-state index in [4.69, 9.17) is 4.74 Å². The molecule has 1 heterocycles. The van der Waals surface area contributed by atoms with Gasteiger partial charge >= 0.3 is 12.4 Å². The molecule has 0 spiro atoms. The van der Waals surface area contributed by atoms with Crippen molar-refractivity contribution in [2.75, 3.05) is 0 Å². The zero-order chi connectivity index (χ0) is 8.39. The largest absolute Gasteiger partial charge is 0.559 e. The van der Waals surface area contributed by atoms with Crippen LogP contribution in [0.5, 0.6) is 5.75 Å². The Kier molecular flexibility index (Phi) is 1.61. The van der Waals surface area contributed by atoms with Gasteiger partial charge in [0, 0.05) is 16.4 Å². The van der Waals surface area contributed by atoms with E-state index in [-0.39, 0.29) is 0 Å². The van der Waals surface area contributed by atoms with Crippen LogP contribution in [0.15, 0.2) is 30.3 Å². The molecule has 0 aromatic heterocycles. The predicted molar refractivity (Wildman–Crippen MR) is 45.6 cm³/mol. The first kappa shape index (κ1) is 7.01. The van der Waals surface area contributed by atoms with E-state index < -0.39 is 6.10 Å². The minimum absolute atomic E-state index is 0.542. The second kappa shape index (κ2) is 2.76. The number of fused-ring (bicyclic) bond motifs is 1. The molecule has 1 aliphatic rings. The topological polar surface area (TPSA) is 26.3 Å². The Bertz CT molecular complexity index is 328. The Morgan fingerprint density at radius 3 is 3.00 bits per heavy atom. The van der Waals surface area contributed by atoms with Crippen LogP contribution in [0.2, 0.25) is 0 Å². The van der Waals surface area contributed by atoms with Crippen LogP contribution < -0.4 is 4.74 Å². The van der Waals surface area contributed by atoms with Gasteiger partial charge in [-0.3, -0.25) is 0 Å². The fourth-order valence-electron chi connectivity index (χ4n) is 1.16. The molecule has 2 nitrogen and oxygen atoms in total. The van der Waals surface area contributed by atoms with E-state index in [0.717, 1.165) is 11.3 Å². The summed E-state index contributed by atoms with van der Waals surface area (Å²) in [5.74, 6) is 0.744. The lowest BCUT2D eigenvalue weighted by Gasteiger charge is -2.10. The number of hydrogen-bond acceptors (Lipinski definition) is 2. The molecule has 2 rings (SSSR count). The van der Waals surface area contributed by atoms with E-state index >= 15 is 0 Å². The molecule has 12 heavy (non-hydrogen) atoms. The van der Waals surface area contributed by atoms with Gasteiger partial charge in [0.2, 0.25) is 0 Å². The Morgan fingerprint density at radius 1 is 1.33 bits per heavy atom. The molecular weight excluding hydrogens is 152 g/mol. The molecule has 0 aliphatic carbocycles. The molecule has 0 fully saturated rings. The van der Waals surface area contributed by atoms with Gasteiger partial charge in [0.05, 0.1) is 0 Å². The Morgan fingerprint density at radius 2 is 2.17 bits per heavy atom. The third kappa shape index (κ3) is 1.09. The SMILES string of the molecule is O=[C+]C1C=Cc2ccccc2O1. The molecule has 0 saturated heterocycles. The van der Waals surface area contributed by atoms with Crippen molar-refractivity contribution in [3.05, 3.63) is 35.9 Å². The molecule has 0 N–H and O–H groups in total. The molecule has 1 aliphatic heterocycles. The standard InChI is InChI=1S/C10H7O2/c11-7-9-6-5-8-3-1-2-4-10(8)12-9/h1-6,9H/q+1. The third-order valence-electron chi connectivity index (χ3n) is 1.74. The maximum atomic E-state index is 10.3. The van der Waals surface area contributed by atoms with Crippen molar-refractivity contribution in [2.45, 2.75) is 6.10 Å². The van der Waals surface area contributed by atoms with E-state index in [2.05, 4.69) is 0 Å². The monoisotopic (exact) mass is 159 g/mol. The molecule has 1 atom stereocenters. The summed E-state index contributed by atoms with van der Waals surface area (Å²) in [5, 5.41) is 0. The van der Waals surface area contributed by atoms with Gasteiger partial charge in [-0.15, -0.1) is 0 Å². The number of benzene rings is 1. The highest BCUT2D eigenvalue weighted by atomic mass is 16.5. The van der Waals surface area contributed by atoms with Crippen molar-refractivity contribution in [2.24, 2.45) is 0 Å². The van der Waals surface area contributed by atoms with Gasteiger partial charge in [-0.1, -0.05) is 18.2 Å². The van der Waals surface area contributed by atoms with Gasteiger partial charge in [-0.05, 0) is 12.1 Å². The number of para-hydroxylation sites is 1. The maximum Gasteiger partial charge on any atom is 0.559 e. The minimum atomic E-state index is -0.542. The van der Waals surface area contributed by atoms with E-state index in [0.29, 0.717) is 0 Å². The first-order chi connectivity index (χ1) is 5.90. The molecule has 0 amide bonds. The summed E-state index contributed by atoms with van der Waals surface area (Å²) in [6.45, 7) is 0. The molecular formula is C10H7O2+. The fraction of sp³-hybridized carbons (Fsp3) is 0.100. The molecule has 58 valence electrons. The number of carbonyl (C=O) groups excluding carboxylic acids is 1. The van der Waals surface area contributed by atoms with Gasteiger partial charge in [0.25, 0.3) is 0 Å². The van der Waals surface area contributed by atoms with Crippen LogP contribution in [0.1, 0.15) is 5.56 Å². The predicted octanol–water partition coefficient (Wildman–Crippen LogP) is 1.57. The maximum absolute atomic E-state index is 10.3. The smallest absolute Gasteiger partial charge is 0.435 e. The lowest BCUT2D eigenvalue weighted by atomic mass is 10.1. The van der Waals surface area contributed by atoms with Crippen molar-refractivity contribution in [1.29, 1.82) is 0 Å². The fourth-order valence-corrected chi connectivity index (χ4v) is 1.16. The summed E-state index contributed by atoms with van der Waals surface area (Å²) in [7, 11) is 0. The van der Waals surface area contributed by atoms with Crippen LogP contribution in [0.3, 0.4) is 0 Å². The van der Waals surface area contributed by atoms with E-state index in [1.807, 2.05) is 30.3 Å². The van der Waals surface area contributed by atoms with Crippen LogP contribution in [0.25, 0.3) is 6.08 Å². The third-order valence-corrected chi connectivity index (χ3v) is 1.74. The summed E-state index contributed by atoms with van der Waals surface area (Å²) >= 11 is 0. The molecule has 1 aromatic carbocycles. The van der Waals surface area contributed by atoms with Crippen molar-refractivity contribution in [3.8, 4) is 5.75 Å². The zero-order valence-electron chi connectivity index (χ0n) is 6.36. The number of hydrogen-bond donors (Lipinski definition) is 0. The van der Waals surface area contributed by atoms with E-state index in [1.54, 1.807) is 12.4 Å². The average molecular weight is 159 g/mol. The van der Waals surface area contributed by atoms with Crippen molar-refractivity contribution in [1.82, 2.24) is 0 Å².